The molecule has 0 heterocycles. The molecule has 0 aliphatic heterocycles. The third-order valence-electron chi connectivity index (χ3n) is 3.46. The third kappa shape index (κ3) is 5.76. The van der Waals surface area contributed by atoms with Crippen molar-refractivity contribution in [3.63, 3.8) is 0 Å². The molecule has 1 aromatic rings. The van der Waals surface area contributed by atoms with Crippen LogP contribution in [0.1, 0.15) is 20.7 Å². The molecule has 3 rings (SSSR count). The van der Waals surface area contributed by atoms with Crippen LogP contribution in [0, 0.1) is 0 Å². The molecule has 2 aliphatic carbocycles. The molecule has 0 radical (unpaired) electrons. The normalized spacial score (nSPS) is 9.38. The summed E-state index contributed by atoms with van der Waals surface area (Å²) in [5.41, 5.74) is 2.45. The summed E-state index contributed by atoms with van der Waals surface area (Å²) in [6, 6.07) is 30.0. The van der Waals surface area contributed by atoms with E-state index in [0.717, 1.165) is 6.07 Å². The maximum absolute atomic E-state index is 10.4. The van der Waals surface area contributed by atoms with E-state index >= 15 is 0 Å². The van der Waals surface area contributed by atoms with Gasteiger partial charge in [-0.25, -0.2) is 9.59 Å². The number of rotatable bonds is 2. The number of carboxylic acids is 2. The first-order valence-corrected chi connectivity index (χ1v) is 7.91. The molecule has 0 bridgehead atoms. The molecule has 0 amide bonds. The minimum Gasteiger partial charge on any atom is -0.478 e. The van der Waals surface area contributed by atoms with Crippen LogP contribution in [0.5, 0.6) is 0 Å². The number of hydrogen-bond acceptors (Lipinski definition) is 2. The van der Waals surface area contributed by atoms with E-state index in [-0.39, 0.29) is 11.1 Å². The first-order chi connectivity index (χ1) is 12.6. The van der Waals surface area contributed by atoms with Gasteiger partial charge in [0.2, 0.25) is 0 Å². The molecule has 2 aliphatic rings. The maximum atomic E-state index is 10.4. The molecule has 4 heteroatoms. The highest BCUT2D eigenvalue weighted by molar-refractivity contribution is 5.93. The Morgan fingerprint density at radius 1 is 0.500 bits per heavy atom. The minimum absolute atomic E-state index is 0.0186. The lowest BCUT2D eigenvalue weighted by atomic mass is 10.1. The largest absolute Gasteiger partial charge is 0.478 e. The Kier molecular flexibility index (Phi) is 6.89. The van der Waals surface area contributed by atoms with Gasteiger partial charge in [0.25, 0.3) is 0 Å². The van der Waals surface area contributed by atoms with Gasteiger partial charge in [0.1, 0.15) is 0 Å². The number of carbonyl (C=O) groups is 2. The Bertz CT molecular complexity index is 807. The van der Waals surface area contributed by atoms with Crippen LogP contribution in [-0.2, 0) is 0 Å². The van der Waals surface area contributed by atoms with Gasteiger partial charge in [-0.3, -0.25) is 0 Å². The zero-order valence-electron chi connectivity index (χ0n) is 13.9. The van der Waals surface area contributed by atoms with Crippen molar-refractivity contribution in [1.82, 2.24) is 0 Å². The van der Waals surface area contributed by atoms with Gasteiger partial charge in [-0.2, -0.15) is 0 Å². The van der Waals surface area contributed by atoms with Crippen molar-refractivity contribution in [3.8, 4) is 11.1 Å². The highest BCUT2D eigenvalue weighted by Gasteiger charge is 2.06. The number of aromatic carboxylic acids is 2. The summed E-state index contributed by atoms with van der Waals surface area (Å²) < 4.78 is 0. The number of hydrogen-bond donors (Lipinski definition) is 2. The van der Waals surface area contributed by atoms with Crippen molar-refractivity contribution >= 4 is 11.9 Å². The smallest absolute Gasteiger partial charge is 0.335 e. The van der Waals surface area contributed by atoms with Crippen LogP contribution in [-0.4, -0.2) is 22.2 Å². The predicted molar refractivity (Wildman–Crippen MR) is 101 cm³/mol. The van der Waals surface area contributed by atoms with Gasteiger partial charge in [0.15, 0.2) is 0 Å². The van der Waals surface area contributed by atoms with Crippen molar-refractivity contribution in [2.75, 3.05) is 0 Å². The fourth-order valence-corrected chi connectivity index (χ4v) is 2.17. The highest BCUT2D eigenvalue weighted by atomic mass is 16.4. The van der Waals surface area contributed by atoms with Crippen molar-refractivity contribution in [1.29, 1.82) is 0 Å². The van der Waals surface area contributed by atoms with E-state index in [1.807, 2.05) is 24.3 Å². The molecule has 1 aromatic carbocycles. The molecule has 130 valence electrons. The lowest BCUT2D eigenvalue weighted by Crippen LogP contribution is -2.01. The summed E-state index contributed by atoms with van der Waals surface area (Å²) in [6.07, 6.45) is 0. The van der Waals surface area contributed by atoms with Gasteiger partial charge in [-0.15, -0.1) is 0 Å². The summed E-state index contributed by atoms with van der Waals surface area (Å²) in [5, 5.41) is 17.0. The van der Waals surface area contributed by atoms with Gasteiger partial charge in [-0.05, 0) is 29.3 Å². The fourth-order valence-electron chi connectivity index (χ4n) is 2.17. The maximum Gasteiger partial charge on any atom is 0.335 e. The van der Waals surface area contributed by atoms with E-state index in [2.05, 4.69) is 48.5 Å². The topological polar surface area (TPSA) is 74.6 Å². The zero-order chi connectivity index (χ0) is 18.8. The van der Waals surface area contributed by atoms with Gasteiger partial charge in [0.05, 0.1) is 11.1 Å². The molecule has 0 atom stereocenters. The predicted octanol–water partition coefficient (Wildman–Crippen LogP) is 5.00. The van der Waals surface area contributed by atoms with Gasteiger partial charge in [0, 0.05) is 0 Å². The van der Waals surface area contributed by atoms with Crippen molar-refractivity contribution in [2.45, 2.75) is 0 Å². The number of carboxylic acid groups (broad SMARTS) is 2. The quantitative estimate of drug-likeness (QED) is 0.685. The first kappa shape index (κ1) is 18.7. The Morgan fingerprint density at radius 2 is 0.846 bits per heavy atom. The van der Waals surface area contributed by atoms with Gasteiger partial charge in [-0.1, -0.05) is 78.9 Å². The Morgan fingerprint density at radius 3 is 1.15 bits per heavy atom. The van der Waals surface area contributed by atoms with Crippen LogP contribution in [0.2, 0.25) is 0 Å². The summed E-state index contributed by atoms with van der Waals surface area (Å²) >= 11 is 0. The summed E-state index contributed by atoms with van der Waals surface area (Å²) in [6.45, 7) is 0. The Labute approximate surface area is 151 Å². The Hall–Kier alpha value is -3.66. The molecule has 4 nitrogen and oxygen atoms in total. The SMILES string of the molecule is O=C(O)c1cccc(C(=O)O)c1.c1cccc2ccccccc-2cc1. The zero-order valence-corrected chi connectivity index (χ0v) is 13.9. The molecule has 0 aromatic heterocycles. The average molecular weight is 346 g/mol. The summed E-state index contributed by atoms with van der Waals surface area (Å²) in [4.78, 5) is 20.8. The fraction of sp³-hybridized carbons (Fsp3) is 0. The van der Waals surface area contributed by atoms with Crippen LogP contribution >= 0.6 is 0 Å². The molecule has 2 N–H and O–H groups in total. The van der Waals surface area contributed by atoms with E-state index in [1.165, 1.54) is 29.3 Å². The monoisotopic (exact) mass is 346 g/mol. The van der Waals surface area contributed by atoms with Gasteiger partial charge < -0.3 is 10.2 Å². The number of fused-ring (bicyclic) bond motifs is 1. The van der Waals surface area contributed by atoms with Crippen molar-refractivity contribution < 1.29 is 19.8 Å². The minimum atomic E-state index is -1.13. The molecule has 0 fully saturated rings. The van der Waals surface area contributed by atoms with E-state index < -0.39 is 11.9 Å². The number of benzene rings is 1. The molecule has 0 spiro atoms. The first-order valence-electron chi connectivity index (χ1n) is 7.91. The van der Waals surface area contributed by atoms with Crippen LogP contribution in [0.4, 0.5) is 0 Å². The van der Waals surface area contributed by atoms with Crippen LogP contribution in [0.3, 0.4) is 0 Å². The van der Waals surface area contributed by atoms with E-state index in [9.17, 15) is 9.59 Å². The molecular formula is C22H18O4. The second kappa shape index (κ2) is 9.59. The average Bonchev–Trinajstić information content (AvgIpc) is 2.60. The van der Waals surface area contributed by atoms with Gasteiger partial charge >= 0.3 is 11.9 Å². The summed E-state index contributed by atoms with van der Waals surface area (Å²) in [5.74, 6) is -2.25. The molecule has 0 unspecified atom stereocenters. The van der Waals surface area contributed by atoms with Crippen LogP contribution in [0.25, 0.3) is 11.1 Å². The second-order valence-electron chi connectivity index (χ2n) is 5.31. The van der Waals surface area contributed by atoms with Crippen molar-refractivity contribution in [3.05, 3.63) is 108 Å². The highest BCUT2D eigenvalue weighted by Crippen LogP contribution is 2.16. The summed E-state index contributed by atoms with van der Waals surface area (Å²) in [7, 11) is 0. The second-order valence-corrected chi connectivity index (χ2v) is 5.31. The van der Waals surface area contributed by atoms with Crippen LogP contribution < -0.4 is 0 Å². The third-order valence-corrected chi connectivity index (χ3v) is 3.46. The standard InChI is InChI=1S/C14H12.C8H6O4/c1-2-6-10-14-12-8-4-3-7-11-13(14)9-5-1;9-7(10)5-2-1-3-6(4-5)8(11)12/h1-12H;1-4H,(H,9,10)(H,11,12). The molecular weight excluding hydrogens is 328 g/mol. The van der Waals surface area contributed by atoms with E-state index in [1.54, 1.807) is 0 Å². The molecule has 0 saturated heterocycles. The van der Waals surface area contributed by atoms with E-state index in [0.29, 0.717) is 0 Å². The van der Waals surface area contributed by atoms with E-state index in [4.69, 9.17) is 10.2 Å². The van der Waals surface area contributed by atoms with Crippen LogP contribution in [0.15, 0.2) is 97.1 Å². The lowest BCUT2D eigenvalue weighted by Gasteiger charge is -1.97. The molecule has 26 heavy (non-hydrogen) atoms. The molecule has 0 saturated carbocycles. The lowest BCUT2D eigenvalue weighted by molar-refractivity contribution is 0.0696. The Balaban J connectivity index is 0.000000190. The van der Waals surface area contributed by atoms with Crippen molar-refractivity contribution in [2.24, 2.45) is 0 Å².